The number of urea groups is 1. The second kappa shape index (κ2) is 14.6. The number of anilines is 2. The van der Waals surface area contributed by atoms with Crippen LogP contribution in [0.3, 0.4) is 0 Å². The van der Waals surface area contributed by atoms with Gasteiger partial charge in [-0.15, -0.1) is 0 Å². The Kier molecular flexibility index (Phi) is 10.9. The number of hydrogen-bond donors (Lipinski definition) is 3. The van der Waals surface area contributed by atoms with E-state index in [1.54, 1.807) is 41.3 Å². The first-order valence-electron chi connectivity index (χ1n) is 14.6. The number of ether oxygens (including phenoxy) is 4. The van der Waals surface area contributed by atoms with Crippen molar-refractivity contribution in [2.75, 3.05) is 57.8 Å². The van der Waals surface area contributed by atoms with Gasteiger partial charge in [-0.3, -0.25) is 4.79 Å². The van der Waals surface area contributed by atoms with Crippen molar-refractivity contribution in [2.45, 2.75) is 58.3 Å². The third-order valence-corrected chi connectivity index (χ3v) is 7.48. The van der Waals surface area contributed by atoms with Crippen molar-refractivity contribution in [3.8, 4) is 17.2 Å². The van der Waals surface area contributed by atoms with Crippen molar-refractivity contribution < 1.29 is 33.6 Å². The van der Waals surface area contributed by atoms with Gasteiger partial charge in [0.15, 0.2) is 11.5 Å². The van der Waals surface area contributed by atoms with E-state index in [1.807, 2.05) is 27.9 Å². The Labute approximate surface area is 248 Å². The molecule has 0 radical (unpaired) electrons. The SMILES string of the molecule is C[C@@H]1CCCCO[C@H](CN(C)C)[C@@H](C)CN([C@H](C)CO)C(=O)c2cc(NC(=O)Nc3ccc4c(c3)OCO4)ccc2O1. The van der Waals surface area contributed by atoms with Gasteiger partial charge in [0.1, 0.15) is 5.75 Å². The highest BCUT2D eigenvalue weighted by Gasteiger charge is 2.30. The van der Waals surface area contributed by atoms with Gasteiger partial charge in [-0.25, -0.2) is 4.79 Å². The highest BCUT2D eigenvalue weighted by molar-refractivity contribution is 6.02. The van der Waals surface area contributed by atoms with Crippen molar-refractivity contribution in [1.29, 1.82) is 0 Å². The second-order valence-corrected chi connectivity index (χ2v) is 11.4. The molecule has 230 valence electrons. The molecule has 2 heterocycles. The molecule has 0 bridgehead atoms. The van der Waals surface area contributed by atoms with E-state index in [0.717, 1.165) is 25.8 Å². The van der Waals surface area contributed by atoms with Gasteiger partial charge >= 0.3 is 6.03 Å². The van der Waals surface area contributed by atoms with Crippen LogP contribution in [0, 0.1) is 5.92 Å². The average molecular weight is 585 g/mol. The van der Waals surface area contributed by atoms with E-state index in [9.17, 15) is 14.7 Å². The summed E-state index contributed by atoms with van der Waals surface area (Å²) in [4.78, 5) is 30.8. The number of fused-ring (bicyclic) bond motifs is 2. The number of nitrogens with zero attached hydrogens (tertiary/aromatic N) is 2. The van der Waals surface area contributed by atoms with Gasteiger partial charge in [0.25, 0.3) is 5.91 Å². The molecule has 0 fully saturated rings. The Balaban J connectivity index is 1.60. The van der Waals surface area contributed by atoms with E-state index >= 15 is 0 Å². The molecule has 0 saturated heterocycles. The standard InChI is InChI=1S/C31H44N4O7/c1-20-16-35(21(2)18-36)30(37)25-14-23(32-31(38)33-24-10-12-27-28(15-24)41-19-40-27)9-11-26(25)42-22(3)8-6-7-13-39-29(20)17-34(4)5/h9-12,14-15,20-22,29,36H,6-8,13,16-19H2,1-5H3,(H2,32,33,38)/t20-,21+,22+,29+/m0/s1. The zero-order valence-corrected chi connectivity index (χ0v) is 25.2. The molecule has 0 unspecified atom stereocenters. The van der Waals surface area contributed by atoms with E-state index in [0.29, 0.717) is 47.3 Å². The molecule has 0 aromatic heterocycles. The predicted octanol–water partition coefficient (Wildman–Crippen LogP) is 4.42. The smallest absolute Gasteiger partial charge is 0.323 e. The largest absolute Gasteiger partial charge is 0.490 e. The van der Waals surface area contributed by atoms with Gasteiger partial charge in [0, 0.05) is 43.1 Å². The van der Waals surface area contributed by atoms with Gasteiger partial charge in [0.05, 0.1) is 30.4 Å². The molecule has 4 rings (SSSR count). The fourth-order valence-electron chi connectivity index (χ4n) is 5.09. The van der Waals surface area contributed by atoms with Crippen molar-refractivity contribution in [2.24, 2.45) is 5.92 Å². The van der Waals surface area contributed by atoms with E-state index in [1.165, 1.54) is 0 Å². The number of amides is 3. The van der Waals surface area contributed by atoms with Crippen molar-refractivity contribution in [1.82, 2.24) is 9.80 Å². The van der Waals surface area contributed by atoms with Crippen LogP contribution in [0.2, 0.25) is 0 Å². The summed E-state index contributed by atoms with van der Waals surface area (Å²) in [5.74, 6) is 1.34. The Morgan fingerprint density at radius 1 is 1.05 bits per heavy atom. The molecular formula is C31H44N4O7. The van der Waals surface area contributed by atoms with Gasteiger partial charge in [-0.1, -0.05) is 6.92 Å². The monoisotopic (exact) mass is 584 g/mol. The molecule has 3 N–H and O–H groups in total. The fraction of sp³-hybridized carbons (Fsp3) is 0.548. The number of benzene rings is 2. The third kappa shape index (κ3) is 8.27. The lowest BCUT2D eigenvalue weighted by atomic mass is 10.0. The quantitative estimate of drug-likeness (QED) is 0.457. The number of aliphatic hydroxyl groups excluding tert-OH is 1. The normalized spacial score (nSPS) is 22.1. The number of hydrogen-bond acceptors (Lipinski definition) is 8. The molecule has 2 aromatic rings. The van der Waals surface area contributed by atoms with Gasteiger partial charge in [-0.05, 0) is 77.5 Å². The summed E-state index contributed by atoms with van der Waals surface area (Å²) in [5, 5.41) is 15.7. The minimum absolute atomic E-state index is 0.00497. The minimum atomic E-state index is -0.477. The molecule has 0 aliphatic carbocycles. The second-order valence-electron chi connectivity index (χ2n) is 11.4. The zero-order valence-electron chi connectivity index (χ0n) is 25.2. The van der Waals surface area contributed by atoms with Crippen LogP contribution in [-0.4, -0.2) is 92.3 Å². The lowest BCUT2D eigenvalue weighted by molar-refractivity contribution is -0.0137. The number of likely N-dealkylation sites (N-methyl/N-ethyl adjacent to an activating group) is 1. The Bertz CT molecular complexity index is 1220. The maximum Gasteiger partial charge on any atom is 0.323 e. The summed E-state index contributed by atoms with van der Waals surface area (Å²) in [6.07, 6.45) is 2.44. The Hall–Kier alpha value is -3.54. The van der Waals surface area contributed by atoms with E-state index < -0.39 is 12.1 Å². The Morgan fingerprint density at radius 2 is 1.74 bits per heavy atom. The molecule has 2 aromatic carbocycles. The van der Waals surface area contributed by atoms with Crippen LogP contribution in [-0.2, 0) is 4.74 Å². The van der Waals surface area contributed by atoms with Crippen molar-refractivity contribution >= 4 is 23.3 Å². The van der Waals surface area contributed by atoms with Crippen LogP contribution in [0.15, 0.2) is 36.4 Å². The maximum atomic E-state index is 14.2. The molecule has 3 amide bonds. The van der Waals surface area contributed by atoms with Crippen LogP contribution in [0.25, 0.3) is 0 Å². The molecule has 11 heteroatoms. The summed E-state index contributed by atoms with van der Waals surface area (Å²) < 4.78 is 23.3. The summed E-state index contributed by atoms with van der Waals surface area (Å²) in [5.41, 5.74) is 1.28. The fourth-order valence-corrected chi connectivity index (χ4v) is 5.09. The molecule has 0 spiro atoms. The first kappa shape index (κ1) is 31.4. The van der Waals surface area contributed by atoms with Crippen molar-refractivity contribution in [3.63, 3.8) is 0 Å². The predicted molar refractivity (Wildman–Crippen MR) is 161 cm³/mol. The first-order valence-corrected chi connectivity index (χ1v) is 14.6. The molecule has 42 heavy (non-hydrogen) atoms. The van der Waals surface area contributed by atoms with E-state index in [-0.39, 0.29) is 37.4 Å². The minimum Gasteiger partial charge on any atom is -0.490 e. The highest BCUT2D eigenvalue weighted by atomic mass is 16.7. The topological polar surface area (TPSA) is 122 Å². The molecule has 4 atom stereocenters. The number of carbonyl (C=O) groups excluding carboxylic acids is 2. The molecular weight excluding hydrogens is 540 g/mol. The average Bonchev–Trinajstić information content (AvgIpc) is 3.42. The molecule has 2 aliphatic heterocycles. The van der Waals surface area contributed by atoms with Gasteiger partial charge < -0.3 is 44.5 Å². The summed E-state index contributed by atoms with van der Waals surface area (Å²) in [6, 6.07) is 9.28. The number of carbonyl (C=O) groups is 2. The van der Waals surface area contributed by atoms with Gasteiger partial charge in [-0.2, -0.15) is 0 Å². The third-order valence-electron chi connectivity index (χ3n) is 7.48. The number of nitrogens with one attached hydrogen (secondary N) is 2. The van der Waals surface area contributed by atoms with E-state index in [2.05, 4.69) is 22.5 Å². The molecule has 2 aliphatic rings. The zero-order chi connectivity index (χ0) is 30.2. The van der Waals surface area contributed by atoms with Gasteiger partial charge in [0.2, 0.25) is 6.79 Å². The molecule has 11 nitrogen and oxygen atoms in total. The number of aliphatic hydroxyl groups is 1. The first-order chi connectivity index (χ1) is 20.1. The highest BCUT2D eigenvalue weighted by Crippen LogP contribution is 2.34. The lowest BCUT2D eigenvalue weighted by Gasteiger charge is -2.35. The van der Waals surface area contributed by atoms with E-state index in [4.69, 9.17) is 18.9 Å². The van der Waals surface area contributed by atoms with Crippen molar-refractivity contribution in [3.05, 3.63) is 42.0 Å². The molecule has 0 saturated carbocycles. The van der Waals surface area contributed by atoms with Crippen LogP contribution < -0.4 is 24.8 Å². The maximum absolute atomic E-state index is 14.2. The summed E-state index contributed by atoms with van der Waals surface area (Å²) in [7, 11) is 4.01. The Morgan fingerprint density at radius 3 is 2.45 bits per heavy atom. The number of rotatable bonds is 6. The summed E-state index contributed by atoms with van der Waals surface area (Å²) in [6.45, 7) is 7.57. The van der Waals surface area contributed by atoms with Crippen LogP contribution in [0.5, 0.6) is 17.2 Å². The van der Waals surface area contributed by atoms with Crippen LogP contribution in [0.1, 0.15) is 50.4 Å². The van der Waals surface area contributed by atoms with Crippen LogP contribution in [0.4, 0.5) is 16.2 Å². The van der Waals surface area contributed by atoms with Crippen LogP contribution >= 0.6 is 0 Å². The lowest BCUT2D eigenvalue weighted by Crippen LogP contribution is -2.47. The summed E-state index contributed by atoms with van der Waals surface area (Å²) >= 11 is 0.